The number of methoxy groups -OCH3 is 2. The first-order valence-electron chi connectivity index (χ1n) is 11.5. The molecule has 210 valence electrons. The molecule has 1 fully saturated rings. The lowest BCUT2D eigenvalue weighted by atomic mass is 10.2. The monoisotopic (exact) mass is 633 g/mol. The fourth-order valence-electron chi connectivity index (χ4n) is 4.08. The van der Waals surface area contributed by atoms with Crippen LogP contribution in [0.15, 0.2) is 63.0 Å². The molecule has 1 amide bonds. The van der Waals surface area contributed by atoms with Crippen molar-refractivity contribution in [3.8, 4) is 11.5 Å². The molecule has 0 saturated carbocycles. The zero-order chi connectivity index (χ0) is 28.4. The number of carbonyl (C=O) groups is 1. The van der Waals surface area contributed by atoms with E-state index in [1.807, 2.05) is 0 Å². The van der Waals surface area contributed by atoms with Gasteiger partial charge in [-0.25, -0.2) is 16.8 Å². The molecule has 1 aliphatic heterocycles. The van der Waals surface area contributed by atoms with Gasteiger partial charge in [-0.05, 0) is 41.3 Å². The SMILES string of the molecule is COc1ccc(S(=O)(=O)N2CCN(S(=O)(=O)c3cccs3)C(C(=O)NCc3ccc(Cl)cc3Cl)C2)cc1OC. The van der Waals surface area contributed by atoms with E-state index in [1.54, 1.807) is 23.6 Å². The molecule has 10 nitrogen and oxygen atoms in total. The summed E-state index contributed by atoms with van der Waals surface area (Å²) >= 11 is 13.2. The molecule has 1 atom stereocenters. The van der Waals surface area contributed by atoms with Crippen molar-refractivity contribution in [3.05, 3.63) is 69.5 Å². The van der Waals surface area contributed by atoms with Gasteiger partial charge in [-0.3, -0.25) is 4.79 Å². The smallest absolute Gasteiger partial charge is 0.253 e. The first-order valence-corrected chi connectivity index (χ1v) is 16.0. The Kier molecular flexibility index (Phi) is 9.11. The van der Waals surface area contributed by atoms with Crippen LogP contribution in [0.3, 0.4) is 0 Å². The summed E-state index contributed by atoms with van der Waals surface area (Å²) in [7, 11) is -5.38. The third-order valence-corrected chi connectivity index (χ3v) is 11.8. The number of sulfonamides is 2. The Bertz CT molecular complexity index is 1570. The molecule has 4 rings (SSSR count). The van der Waals surface area contributed by atoms with E-state index in [-0.39, 0.29) is 34.5 Å². The highest BCUT2D eigenvalue weighted by Gasteiger charge is 2.43. The molecule has 1 unspecified atom stereocenters. The lowest BCUT2D eigenvalue weighted by Gasteiger charge is -2.38. The number of nitrogens with one attached hydrogen (secondary N) is 1. The molecule has 15 heteroatoms. The summed E-state index contributed by atoms with van der Waals surface area (Å²) in [6.07, 6.45) is 0. The maximum atomic E-state index is 13.6. The Balaban J connectivity index is 1.64. The van der Waals surface area contributed by atoms with Crippen molar-refractivity contribution in [2.24, 2.45) is 0 Å². The quantitative estimate of drug-likeness (QED) is 0.383. The summed E-state index contributed by atoms with van der Waals surface area (Å²) in [5.74, 6) is -0.110. The van der Waals surface area contributed by atoms with Gasteiger partial charge in [-0.15, -0.1) is 11.3 Å². The number of hydrogen-bond donors (Lipinski definition) is 1. The average Bonchev–Trinajstić information content (AvgIpc) is 3.48. The number of carbonyl (C=O) groups excluding carboxylic acids is 1. The molecule has 1 N–H and O–H groups in total. The highest BCUT2D eigenvalue weighted by Crippen LogP contribution is 2.32. The second-order valence-electron chi connectivity index (χ2n) is 8.40. The highest BCUT2D eigenvalue weighted by atomic mass is 35.5. The van der Waals surface area contributed by atoms with E-state index in [9.17, 15) is 21.6 Å². The van der Waals surface area contributed by atoms with Gasteiger partial charge >= 0.3 is 0 Å². The van der Waals surface area contributed by atoms with Gasteiger partial charge in [0.05, 0.1) is 19.1 Å². The molecule has 39 heavy (non-hydrogen) atoms. The standard InChI is InChI=1S/C24H25Cl2N3O7S3/c1-35-21-8-7-18(13-22(21)36-2)38(31,32)28-9-10-29(39(33,34)23-4-3-11-37-23)20(15-28)24(30)27-14-16-5-6-17(25)12-19(16)26/h3-8,11-13,20H,9-10,14-15H2,1-2H3,(H,27,30). The third kappa shape index (κ3) is 6.19. The maximum Gasteiger partial charge on any atom is 0.253 e. The van der Waals surface area contributed by atoms with Crippen LogP contribution in [0.2, 0.25) is 10.0 Å². The number of halogens is 2. The third-order valence-electron chi connectivity index (χ3n) is 6.12. The van der Waals surface area contributed by atoms with Gasteiger partial charge < -0.3 is 14.8 Å². The molecule has 1 aromatic heterocycles. The number of ether oxygens (including phenoxy) is 2. The molecule has 0 spiro atoms. The number of piperazine rings is 1. The van der Waals surface area contributed by atoms with Crippen LogP contribution < -0.4 is 14.8 Å². The van der Waals surface area contributed by atoms with E-state index in [0.29, 0.717) is 21.4 Å². The van der Waals surface area contributed by atoms with E-state index in [2.05, 4.69) is 5.32 Å². The molecule has 0 radical (unpaired) electrons. The minimum absolute atomic E-state index is 0.0132. The van der Waals surface area contributed by atoms with Gasteiger partial charge in [-0.1, -0.05) is 35.3 Å². The summed E-state index contributed by atoms with van der Waals surface area (Å²) in [5.41, 5.74) is 0.563. The molecule has 2 aromatic carbocycles. The second kappa shape index (κ2) is 12.0. The van der Waals surface area contributed by atoms with E-state index in [0.717, 1.165) is 19.9 Å². The van der Waals surface area contributed by atoms with E-state index >= 15 is 0 Å². The van der Waals surface area contributed by atoms with Gasteiger partial charge in [0, 0.05) is 42.3 Å². The van der Waals surface area contributed by atoms with Crippen LogP contribution in [0, 0.1) is 0 Å². The van der Waals surface area contributed by atoms with E-state index in [1.165, 1.54) is 44.6 Å². The normalized spacial score (nSPS) is 17.1. The van der Waals surface area contributed by atoms with Gasteiger partial charge in [0.15, 0.2) is 11.5 Å². The van der Waals surface area contributed by atoms with Gasteiger partial charge in [0.25, 0.3) is 10.0 Å². The Morgan fingerprint density at radius 3 is 2.38 bits per heavy atom. The van der Waals surface area contributed by atoms with Crippen LogP contribution in [0.1, 0.15) is 5.56 Å². The zero-order valence-corrected chi connectivity index (χ0v) is 24.8. The number of amides is 1. The number of nitrogens with zero attached hydrogens (tertiary/aromatic N) is 2. The largest absolute Gasteiger partial charge is 0.493 e. The molecule has 0 bridgehead atoms. The Hall–Kier alpha value is -2.39. The van der Waals surface area contributed by atoms with Crippen molar-refractivity contribution < 1.29 is 31.1 Å². The van der Waals surface area contributed by atoms with Crippen molar-refractivity contribution in [3.63, 3.8) is 0 Å². The van der Waals surface area contributed by atoms with Crippen LogP contribution in [0.4, 0.5) is 0 Å². The Morgan fingerprint density at radius 2 is 1.74 bits per heavy atom. The predicted molar refractivity (Wildman–Crippen MR) is 149 cm³/mol. The van der Waals surface area contributed by atoms with Crippen LogP contribution >= 0.6 is 34.5 Å². The molecule has 0 aliphatic carbocycles. The van der Waals surface area contributed by atoms with Crippen LogP contribution in [0.25, 0.3) is 0 Å². The van der Waals surface area contributed by atoms with Crippen LogP contribution in [0.5, 0.6) is 11.5 Å². The van der Waals surface area contributed by atoms with Crippen LogP contribution in [-0.2, 0) is 31.4 Å². The first-order chi connectivity index (χ1) is 18.5. The summed E-state index contributed by atoms with van der Waals surface area (Å²) in [6.45, 7) is -0.803. The van der Waals surface area contributed by atoms with E-state index in [4.69, 9.17) is 32.7 Å². The maximum absolute atomic E-state index is 13.6. The molecule has 1 saturated heterocycles. The van der Waals surface area contributed by atoms with Gasteiger partial charge in [0.2, 0.25) is 15.9 Å². The summed E-state index contributed by atoms with van der Waals surface area (Å²) in [5, 5.41) is 5.06. The van der Waals surface area contributed by atoms with Crippen LogP contribution in [-0.4, -0.2) is 71.2 Å². The fraction of sp³-hybridized carbons (Fsp3) is 0.292. The zero-order valence-electron chi connectivity index (χ0n) is 20.8. The second-order valence-corrected chi connectivity index (χ2v) is 14.2. The lowest BCUT2D eigenvalue weighted by Crippen LogP contribution is -2.61. The van der Waals surface area contributed by atoms with Crippen molar-refractivity contribution in [2.45, 2.75) is 21.7 Å². The Labute approximate surface area is 241 Å². The highest BCUT2D eigenvalue weighted by molar-refractivity contribution is 7.91. The first kappa shape index (κ1) is 29.6. The Morgan fingerprint density at radius 1 is 1.00 bits per heavy atom. The number of hydrogen-bond acceptors (Lipinski definition) is 8. The van der Waals surface area contributed by atoms with E-state index < -0.39 is 38.5 Å². The molecule has 3 aromatic rings. The predicted octanol–water partition coefficient (Wildman–Crippen LogP) is 3.45. The lowest BCUT2D eigenvalue weighted by molar-refractivity contribution is -0.126. The molecular weight excluding hydrogens is 609 g/mol. The summed E-state index contributed by atoms with van der Waals surface area (Å²) < 4.78 is 66.6. The number of benzene rings is 2. The van der Waals surface area contributed by atoms with Gasteiger partial charge in [0.1, 0.15) is 10.3 Å². The minimum atomic E-state index is -4.12. The summed E-state index contributed by atoms with van der Waals surface area (Å²) in [6, 6.07) is 10.6. The topological polar surface area (TPSA) is 122 Å². The molecular formula is C24H25Cl2N3O7S3. The van der Waals surface area contributed by atoms with Crippen molar-refractivity contribution in [1.29, 1.82) is 0 Å². The average molecular weight is 635 g/mol. The van der Waals surface area contributed by atoms with Crippen molar-refractivity contribution in [1.82, 2.24) is 13.9 Å². The fourth-order valence-corrected chi connectivity index (χ4v) is 8.70. The molecule has 2 heterocycles. The molecule has 1 aliphatic rings. The summed E-state index contributed by atoms with van der Waals surface area (Å²) in [4.78, 5) is 13.3. The van der Waals surface area contributed by atoms with Crippen molar-refractivity contribution in [2.75, 3.05) is 33.9 Å². The minimum Gasteiger partial charge on any atom is -0.493 e. The van der Waals surface area contributed by atoms with Crippen molar-refractivity contribution >= 4 is 60.5 Å². The van der Waals surface area contributed by atoms with Gasteiger partial charge in [-0.2, -0.15) is 8.61 Å². The number of thiophene rings is 1. The number of rotatable bonds is 9.